The second-order valence-electron chi connectivity index (χ2n) is 4.28. The number of carbonyl (C=O) groups is 2. The Balaban J connectivity index is 2.10. The molecule has 6 nitrogen and oxygen atoms in total. The number of aromatic nitrogens is 1. The highest BCUT2D eigenvalue weighted by molar-refractivity contribution is 7.11. The zero-order valence-electron chi connectivity index (χ0n) is 10.1. The molecule has 2 N–H and O–H groups in total. The Kier molecular flexibility index (Phi) is 3.63. The normalized spacial score (nSPS) is 23.0. The summed E-state index contributed by atoms with van der Waals surface area (Å²) < 4.78 is 9.36. The molecule has 0 aliphatic carbocycles. The number of hydrogen-bond donors (Lipinski definition) is 2. The zero-order valence-corrected chi connectivity index (χ0v) is 10.9. The third kappa shape index (κ3) is 2.51. The quantitative estimate of drug-likeness (QED) is 0.872. The van der Waals surface area contributed by atoms with Gasteiger partial charge in [0.15, 0.2) is 0 Å². The first-order valence-corrected chi connectivity index (χ1v) is 6.42. The number of nitrogens with zero attached hydrogens (tertiary/aromatic N) is 1. The van der Waals surface area contributed by atoms with Crippen LogP contribution >= 0.6 is 11.5 Å². The summed E-state index contributed by atoms with van der Waals surface area (Å²) in [5.74, 6) is -1.39. The fourth-order valence-electron chi connectivity index (χ4n) is 1.89. The number of carboxylic acids is 1. The number of hydrogen-bond acceptors (Lipinski definition) is 5. The van der Waals surface area contributed by atoms with Crippen LogP contribution in [0, 0.1) is 6.92 Å². The van der Waals surface area contributed by atoms with Crippen molar-refractivity contribution in [3.05, 3.63) is 11.3 Å². The zero-order chi connectivity index (χ0) is 13.3. The Morgan fingerprint density at radius 1 is 1.50 bits per heavy atom. The number of aromatic carboxylic acids is 1. The Hall–Kier alpha value is -1.47. The van der Waals surface area contributed by atoms with Gasteiger partial charge in [-0.3, -0.25) is 4.79 Å². The molecule has 2 atom stereocenters. The van der Waals surface area contributed by atoms with Gasteiger partial charge in [-0.15, -0.1) is 0 Å². The SMILES string of the molecule is Cc1nsc(NC(=O)C2CCC(C)O2)c1C(=O)O. The average molecular weight is 270 g/mol. The van der Waals surface area contributed by atoms with Crippen LogP contribution in [0.3, 0.4) is 0 Å². The Morgan fingerprint density at radius 2 is 2.22 bits per heavy atom. The number of amides is 1. The van der Waals surface area contributed by atoms with Gasteiger partial charge in [-0.2, -0.15) is 4.37 Å². The number of carboxylic acid groups (broad SMARTS) is 1. The van der Waals surface area contributed by atoms with Gasteiger partial charge in [-0.1, -0.05) is 0 Å². The van der Waals surface area contributed by atoms with Crippen LogP contribution in [0.5, 0.6) is 0 Å². The maximum absolute atomic E-state index is 11.9. The molecule has 1 aliphatic rings. The van der Waals surface area contributed by atoms with E-state index in [4.69, 9.17) is 9.84 Å². The van der Waals surface area contributed by atoms with Gasteiger partial charge in [0.05, 0.1) is 11.8 Å². The van der Waals surface area contributed by atoms with E-state index in [2.05, 4.69) is 9.69 Å². The average Bonchev–Trinajstić information content (AvgIpc) is 2.85. The van der Waals surface area contributed by atoms with E-state index in [1.54, 1.807) is 6.92 Å². The topological polar surface area (TPSA) is 88.5 Å². The standard InChI is InChI=1S/C11H14N2O4S/c1-5-3-4-7(17-5)9(14)12-10-8(11(15)16)6(2)13-18-10/h5,7H,3-4H2,1-2H3,(H,12,14)(H,15,16). The fourth-order valence-corrected chi connectivity index (χ4v) is 2.69. The van der Waals surface area contributed by atoms with E-state index in [1.807, 2.05) is 6.92 Å². The molecule has 7 heteroatoms. The van der Waals surface area contributed by atoms with E-state index in [1.165, 1.54) is 0 Å². The lowest BCUT2D eigenvalue weighted by Crippen LogP contribution is -2.28. The maximum atomic E-state index is 11.9. The highest BCUT2D eigenvalue weighted by Gasteiger charge is 2.29. The van der Waals surface area contributed by atoms with Crippen molar-refractivity contribution in [1.29, 1.82) is 0 Å². The Morgan fingerprint density at radius 3 is 2.78 bits per heavy atom. The van der Waals surface area contributed by atoms with Gasteiger partial charge < -0.3 is 15.2 Å². The van der Waals surface area contributed by atoms with Crippen LogP contribution in [0.4, 0.5) is 5.00 Å². The molecule has 2 unspecified atom stereocenters. The molecule has 0 saturated carbocycles. The molecular formula is C11H14N2O4S. The largest absolute Gasteiger partial charge is 0.478 e. The summed E-state index contributed by atoms with van der Waals surface area (Å²) in [4.78, 5) is 22.9. The van der Waals surface area contributed by atoms with Crippen molar-refractivity contribution in [3.63, 3.8) is 0 Å². The number of carbonyl (C=O) groups excluding carboxylic acids is 1. The predicted molar refractivity (Wildman–Crippen MR) is 66.0 cm³/mol. The lowest BCUT2D eigenvalue weighted by Gasteiger charge is -2.10. The van der Waals surface area contributed by atoms with Crippen LogP contribution in [0.25, 0.3) is 0 Å². The third-order valence-corrected chi connectivity index (χ3v) is 3.69. The monoisotopic (exact) mass is 270 g/mol. The van der Waals surface area contributed by atoms with E-state index < -0.39 is 12.1 Å². The molecule has 0 radical (unpaired) electrons. The van der Waals surface area contributed by atoms with Gasteiger partial charge in [0.2, 0.25) is 0 Å². The molecule has 1 saturated heterocycles. The van der Waals surface area contributed by atoms with Gasteiger partial charge in [0.1, 0.15) is 16.7 Å². The fraction of sp³-hybridized carbons (Fsp3) is 0.545. The van der Waals surface area contributed by atoms with Crippen molar-refractivity contribution >= 4 is 28.4 Å². The van der Waals surface area contributed by atoms with Crippen LogP contribution in [0.2, 0.25) is 0 Å². The summed E-state index contributed by atoms with van der Waals surface area (Å²) >= 11 is 0.974. The number of aryl methyl sites for hydroxylation is 1. The lowest BCUT2D eigenvalue weighted by atomic mass is 10.2. The molecule has 2 rings (SSSR count). The minimum atomic E-state index is -1.09. The first kappa shape index (κ1) is 13.0. The molecule has 2 heterocycles. The first-order valence-electron chi connectivity index (χ1n) is 5.65. The van der Waals surface area contributed by atoms with Gasteiger partial charge in [0, 0.05) is 0 Å². The number of ether oxygens (including phenoxy) is 1. The second kappa shape index (κ2) is 5.03. The van der Waals surface area contributed by atoms with E-state index >= 15 is 0 Å². The molecule has 1 aromatic rings. The van der Waals surface area contributed by atoms with E-state index in [9.17, 15) is 9.59 Å². The molecule has 0 aromatic carbocycles. The first-order chi connectivity index (χ1) is 8.49. The number of anilines is 1. The van der Waals surface area contributed by atoms with Crippen LogP contribution in [0.1, 0.15) is 35.8 Å². The lowest BCUT2D eigenvalue weighted by molar-refractivity contribution is -0.126. The molecule has 0 spiro atoms. The van der Waals surface area contributed by atoms with E-state index in [-0.39, 0.29) is 22.6 Å². The third-order valence-electron chi connectivity index (χ3n) is 2.84. The maximum Gasteiger partial charge on any atom is 0.340 e. The molecule has 1 aliphatic heterocycles. The Labute approximate surface area is 108 Å². The summed E-state index contributed by atoms with van der Waals surface area (Å²) in [6, 6.07) is 0. The summed E-state index contributed by atoms with van der Waals surface area (Å²) in [5, 5.41) is 11.9. The molecule has 98 valence electrons. The molecule has 0 bridgehead atoms. The van der Waals surface area contributed by atoms with Crippen molar-refractivity contribution in [1.82, 2.24) is 4.37 Å². The van der Waals surface area contributed by atoms with Crippen LogP contribution in [-0.2, 0) is 9.53 Å². The second-order valence-corrected chi connectivity index (χ2v) is 5.05. The van der Waals surface area contributed by atoms with Crippen molar-refractivity contribution in [2.75, 3.05) is 5.32 Å². The van der Waals surface area contributed by atoms with Crippen LogP contribution < -0.4 is 5.32 Å². The predicted octanol–water partition coefficient (Wildman–Crippen LogP) is 1.66. The molecule has 18 heavy (non-hydrogen) atoms. The van der Waals surface area contributed by atoms with Gasteiger partial charge in [0.25, 0.3) is 5.91 Å². The summed E-state index contributed by atoms with van der Waals surface area (Å²) in [5.41, 5.74) is 0.461. The Bertz CT molecular complexity index is 485. The number of rotatable bonds is 3. The minimum absolute atomic E-state index is 0.0550. The van der Waals surface area contributed by atoms with E-state index in [0.29, 0.717) is 12.1 Å². The van der Waals surface area contributed by atoms with Crippen LogP contribution in [-0.4, -0.2) is 33.6 Å². The molecule has 1 aromatic heterocycles. The van der Waals surface area contributed by atoms with Gasteiger partial charge in [-0.05, 0) is 38.2 Å². The highest BCUT2D eigenvalue weighted by atomic mass is 32.1. The van der Waals surface area contributed by atoms with E-state index in [0.717, 1.165) is 18.0 Å². The summed E-state index contributed by atoms with van der Waals surface area (Å²) in [6.45, 7) is 3.51. The van der Waals surface area contributed by atoms with Crippen LogP contribution in [0.15, 0.2) is 0 Å². The molecular weight excluding hydrogens is 256 g/mol. The van der Waals surface area contributed by atoms with Gasteiger partial charge >= 0.3 is 5.97 Å². The van der Waals surface area contributed by atoms with Crippen molar-refractivity contribution in [2.24, 2.45) is 0 Å². The number of nitrogens with one attached hydrogen (secondary N) is 1. The van der Waals surface area contributed by atoms with Gasteiger partial charge in [-0.25, -0.2) is 4.79 Å². The minimum Gasteiger partial charge on any atom is -0.478 e. The summed E-state index contributed by atoms with van der Waals surface area (Å²) in [7, 11) is 0. The van der Waals surface area contributed by atoms with Crippen molar-refractivity contribution in [3.8, 4) is 0 Å². The smallest absolute Gasteiger partial charge is 0.340 e. The molecule has 1 fully saturated rings. The molecule has 1 amide bonds. The highest BCUT2D eigenvalue weighted by Crippen LogP contribution is 2.26. The van der Waals surface area contributed by atoms with Crippen molar-refractivity contribution < 1.29 is 19.4 Å². The van der Waals surface area contributed by atoms with Crippen molar-refractivity contribution in [2.45, 2.75) is 38.9 Å². The summed E-state index contributed by atoms with van der Waals surface area (Å²) in [6.07, 6.45) is 1.07.